The predicted octanol–water partition coefficient (Wildman–Crippen LogP) is 17.0. The zero-order chi connectivity index (χ0) is 45.8. The lowest BCUT2D eigenvalue weighted by atomic mass is 10.1. The van der Waals surface area contributed by atoms with E-state index in [4.69, 9.17) is 14.2 Å². The van der Waals surface area contributed by atoms with E-state index in [0.29, 0.717) is 19.3 Å². The van der Waals surface area contributed by atoms with Crippen LogP contribution in [0.25, 0.3) is 0 Å². The van der Waals surface area contributed by atoms with Gasteiger partial charge in [-0.15, -0.1) is 0 Å². The van der Waals surface area contributed by atoms with Gasteiger partial charge in [-0.25, -0.2) is 0 Å². The minimum atomic E-state index is -0.827. The van der Waals surface area contributed by atoms with Gasteiger partial charge in [0.1, 0.15) is 13.2 Å². The highest BCUT2D eigenvalue weighted by atomic mass is 16.6. The third-order valence-electron chi connectivity index (χ3n) is 10.6. The Labute approximate surface area is 387 Å². The van der Waals surface area contributed by atoms with Crippen LogP contribution in [-0.2, 0) is 28.6 Å². The third-order valence-corrected chi connectivity index (χ3v) is 10.6. The average molecular weight is 875 g/mol. The molecule has 1 atom stereocenters. The molecule has 358 valence electrons. The molecule has 63 heavy (non-hydrogen) atoms. The van der Waals surface area contributed by atoms with Crippen molar-refractivity contribution in [2.75, 3.05) is 13.2 Å². The maximum Gasteiger partial charge on any atom is 0.306 e. The van der Waals surface area contributed by atoms with E-state index in [2.05, 4.69) is 112 Å². The summed E-state index contributed by atoms with van der Waals surface area (Å²) in [5.41, 5.74) is 0. The van der Waals surface area contributed by atoms with E-state index in [-0.39, 0.29) is 31.6 Å². The molecule has 6 heteroatoms. The Morgan fingerprint density at radius 1 is 0.333 bits per heavy atom. The number of rotatable bonds is 45. The van der Waals surface area contributed by atoms with Gasteiger partial charge in [0.2, 0.25) is 0 Å². The molecule has 0 N–H and O–H groups in total. The first-order valence-electron chi connectivity index (χ1n) is 25.7. The lowest BCUT2D eigenvalue weighted by Gasteiger charge is -2.18. The fraction of sp³-hybridized carbons (Fsp3) is 0.667. The summed E-state index contributed by atoms with van der Waals surface area (Å²) in [5, 5.41) is 0. The summed E-state index contributed by atoms with van der Waals surface area (Å²) < 4.78 is 16.7. The number of carbonyl (C=O) groups is 3. The Hall–Kier alpha value is -3.67. The average Bonchev–Trinajstić information content (AvgIpc) is 3.28. The van der Waals surface area contributed by atoms with E-state index < -0.39 is 12.1 Å². The third kappa shape index (κ3) is 49.2. The zero-order valence-electron chi connectivity index (χ0n) is 40.8. The second-order valence-corrected chi connectivity index (χ2v) is 16.7. The molecule has 0 heterocycles. The van der Waals surface area contributed by atoms with Gasteiger partial charge >= 0.3 is 17.9 Å². The Balaban J connectivity index is 4.52. The molecule has 0 aromatic rings. The van der Waals surface area contributed by atoms with Crippen LogP contribution >= 0.6 is 0 Å². The molecule has 0 aromatic carbocycles. The summed E-state index contributed by atoms with van der Waals surface area (Å²) in [5.74, 6) is -1.04. The van der Waals surface area contributed by atoms with Gasteiger partial charge in [-0.05, 0) is 109 Å². The molecule has 6 nitrogen and oxygen atoms in total. The molecule has 0 rings (SSSR count). The maximum absolute atomic E-state index is 12.7. The van der Waals surface area contributed by atoms with Crippen molar-refractivity contribution < 1.29 is 28.6 Å². The van der Waals surface area contributed by atoms with Crippen LogP contribution in [0.4, 0.5) is 0 Å². The number of hydrogen-bond acceptors (Lipinski definition) is 6. The first kappa shape index (κ1) is 59.3. The lowest BCUT2D eigenvalue weighted by molar-refractivity contribution is -0.166. The van der Waals surface area contributed by atoms with Gasteiger partial charge in [0.05, 0.1) is 0 Å². The Bertz CT molecular complexity index is 1280. The van der Waals surface area contributed by atoms with Crippen LogP contribution in [0.15, 0.2) is 97.2 Å². The highest BCUT2D eigenvalue weighted by Crippen LogP contribution is 2.12. The van der Waals surface area contributed by atoms with E-state index >= 15 is 0 Å². The van der Waals surface area contributed by atoms with Gasteiger partial charge in [0.15, 0.2) is 6.10 Å². The van der Waals surface area contributed by atoms with E-state index in [1.807, 2.05) is 6.08 Å². The van der Waals surface area contributed by atoms with E-state index in [1.165, 1.54) is 77.0 Å². The van der Waals surface area contributed by atoms with Gasteiger partial charge in [-0.1, -0.05) is 195 Å². The van der Waals surface area contributed by atoms with Crippen molar-refractivity contribution in [2.24, 2.45) is 0 Å². The van der Waals surface area contributed by atoms with Crippen LogP contribution in [-0.4, -0.2) is 37.2 Å². The molecule has 0 bridgehead atoms. The molecule has 0 aliphatic rings. The molecule has 0 saturated carbocycles. The lowest BCUT2D eigenvalue weighted by Crippen LogP contribution is -2.30. The highest BCUT2D eigenvalue weighted by Gasteiger charge is 2.19. The summed E-state index contributed by atoms with van der Waals surface area (Å²) in [6.45, 7) is 6.40. The molecule has 0 aliphatic carbocycles. The Morgan fingerprint density at radius 2 is 0.651 bits per heavy atom. The minimum absolute atomic E-state index is 0.120. The van der Waals surface area contributed by atoms with Crippen LogP contribution in [0.1, 0.15) is 226 Å². The van der Waals surface area contributed by atoms with Gasteiger partial charge in [-0.3, -0.25) is 14.4 Å². The number of esters is 3. The normalized spacial score (nSPS) is 12.9. The standard InChI is InChI=1S/C57H94O6/c1-4-7-10-13-16-19-22-25-26-27-28-29-30-33-35-38-41-44-47-50-56(59)62-53-54(63-57(60)51-48-45-42-39-36-32-24-21-18-15-12-9-6-3)52-61-55(58)49-46-43-40-37-34-31-23-20-17-14-11-8-5-2/h7,10,16,19,25-26,28-29,31-36,42,45,54H,4-6,8-9,11-15,17-18,20-24,27,30,37-41,43-44,46-53H2,1-3H3/b10-7+,19-16+,26-25+,29-28+,34-31+,35-33+,36-32+,45-42+. The molecule has 0 spiro atoms. The highest BCUT2D eigenvalue weighted by molar-refractivity contribution is 5.71. The number of carbonyl (C=O) groups excluding carboxylic acids is 3. The van der Waals surface area contributed by atoms with Crippen molar-refractivity contribution in [1.29, 1.82) is 0 Å². The first-order valence-corrected chi connectivity index (χ1v) is 25.7. The van der Waals surface area contributed by atoms with E-state index in [9.17, 15) is 14.4 Å². The van der Waals surface area contributed by atoms with E-state index in [0.717, 1.165) is 103 Å². The molecule has 0 fully saturated rings. The molecule has 0 amide bonds. The summed E-state index contributed by atoms with van der Waals surface area (Å²) in [7, 11) is 0. The minimum Gasteiger partial charge on any atom is -0.462 e. The van der Waals surface area contributed by atoms with Crippen LogP contribution in [0.2, 0.25) is 0 Å². The van der Waals surface area contributed by atoms with Crippen molar-refractivity contribution in [2.45, 2.75) is 232 Å². The molecule has 0 saturated heterocycles. The van der Waals surface area contributed by atoms with Gasteiger partial charge in [0, 0.05) is 19.3 Å². The monoisotopic (exact) mass is 875 g/mol. The topological polar surface area (TPSA) is 78.9 Å². The number of allylic oxidation sites excluding steroid dienone is 16. The second-order valence-electron chi connectivity index (χ2n) is 16.7. The largest absolute Gasteiger partial charge is 0.462 e. The molecule has 0 aliphatic heterocycles. The smallest absolute Gasteiger partial charge is 0.306 e. The van der Waals surface area contributed by atoms with Crippen molar-refractivity contribution >= 4 is 17.9 Å². The van der Waals surface area contributed by atoms with Crippen LogP contribution in [0.5, 0.6) is 0 Å². The second kappa shape index (κ2) is 51.0. The SMILES string of the molecule is CC/C=C/C/C=C/C/C=C/C/C=C/C/C=C/CCCCCC(=O)OCC(COC(=O)CCCCC/C=C/CCCCCCCC)OC(=O)CC/C=C/C/C=C/CCCCCCCC. The summed E-state index contributed by atoms with van der Waals surface area (Å²) in [4.78, 5) is 37.9. The Morgan fingerprint density at radius 3 is 1.05 bits per heavy atom. The van der Waals surface area contributed by atoms with Gasteiger partial charge in [0.25, 0.3) is 0 Å². The van der Waals surface area contributed by atoms with Crippen LogP contribution in [0.3, 0.4) is 0 Å². The number of hydrogen-bond donors (Lipinski definition) is 0. The first-order chi connectivity index (χ1) is 31.0. The van der Waals surface area contributed by atoms with Crippen molar-refractivity contribution in [3.8, 4) is 0 Å². The molecular weight excluding hydrogens is 781 g/mol. The number of ether oxygens (including phenoxy) is 3. The zero-order valence-corrected chi connectivity index (χ0v) is 40.8. The quantitative estimate of drug-likeness (QED) is 0.0262. The van der Waals surface area contributed by atoms with Crippen LogP contribution in [0, 0.1) is 0 Å². The molecular formula is C57H94O6. The summed E-state index contributed by atoms with van der Waals surface area (Å²) >= 11 is 0. The van der Waals surface area contributed by atoms with Crippen molar-refractivity contribution in [3.63, 3.8) is 0 Å². The number of unbranched alkanes of at least 4 members (excludes halogenated alkanes) is 18. The molecule has 0 aromatic heterocycles. The maximum atomic E-state index is 12.7. The Kier molecular flexibility index (Phi) is 48.0. The van der Waals surface area contributed by atoms with Gasteiger partial charge < -0.3 is 14.2 Å². The van der Waals surface area contributed by atoms with Gasteiger partial charge in [-0.2, -0.15) is 0 Å². The summed E-state index contributed by atoms with van der Waals surface area (Å²) in [6.07, 6.45) is 66.9. The summed E-state index contributed by atoms with van der Waals surface area (Å²) in [6, 6.07) is 0. The van der Waals surface area contributed by atoms with Crippen molar-refractivity contribution in [1.82, 2.24) is 0 Å². The predicted molar refractivity (Wildman–Crippen MR) is 270 cm³/mol. The van der Waals surface area contributed by atoms with Crippen molar-refractivity contribution in [3.05, 3.63) is 97.2 Å². The molecule has 0 radical (unpaired) electrons. The fourth-order valence-corrected chi connectivity index (χ4v) is 6.69. The fourth-order valence-electron chi connectivity index (χ4n) is 6.69. The molecule has 1 unspecified atom stereocenters. The van der Waals surface area contributed by atoms with Crippen LogP contribution < -0.4 is 0 Å². The van der Waals surface area contributed by atoms with E-state index in [1.54, 1.807) is 0 Å².